The van der Waals surface area contributed by atoms with E-state index in [2.05, 4.69) is 36.5 Å². The average molecular weight is 408 g/mol. The summed E-state index contributed by atoms with van der Waals surface area (Å²) >= 11 is 0. The van der Waals surface area contributed by atoms with Crippen molar-refractivity contribution < 1.29 is 4.79 Å². The van der Waals surface area contributed by atoms with Gasteiger partial charge in [-0.25, -0.2) is 4.68 Å². The smallest absolute Gasteiger partial charge is 0.248 e. The number of nitrogens with zero attached hydrogens (tertiary/aromatic N) is 2. The third-order valence-electron chi connectivity index (χ3n) is 5.37. The lowest BCUT2D eigenvalue weighted by atomic mass is 10.1. The summed E-state index contributed by atoms with van der Waals surface area (Å²) < 4.78 is 1.84. The predicted molar refractivity (Wildman–Crippen MR) is 127 cm³/mol. The molecular weight excluding hydrogens is 382 g/mol. The van der Waals surface area contributed by atoms with E-state index in [1.165, 1.54) is 5.56 Å². The molecule has 0 bridgehead atoms. The number of aryl methyl sites for hydroxylation is 2. The monoisotopic (exact) mass is 407 g/mol. The SMILES string of the molecule is Cc1ccc(-c2nn(-c3ccccc3)cc2C=CC(=O)Nc2cccc(C)c2C)cc1. The first kappa shape index (κ1) is 20.4. The van der Waals surface area contributed by atoms with E-state index in [9.17, 15) is 4.79 Å². The summed E-state index contributed by atoms with van der Waals surface area (Å²) in [5.41, 5.74) is 7.92. The van der Waals surface area contributed by atoms with Crippen molar-refractivity contribution in [3.63, 3.8) is 0 Å². The minimum atomic E-state index is -0.170. The number of aromatic nitrogens is 2. The van der Waals surface area contributed by atoms with Crippen molar-refractivity contribution in [2.45, 2.75) is 20.8 Å². The number of hydrogen-bond donors (Lipinski definition) is 1. The molecule has 0 atom stereocenters. The molecule has 0 saturated heterocycles. The topological polar surface area (TPSA) is 46.9 Å². The van der Waals surface area contributed by atoms with Gasteiger partial charge in [-0.2, -0.15) is 5.10 Å². The van der Waals surface area contributed by atoms with E-state index < -0.39 is 0 Å². The molecule has 1 heterocycles. The number of hydrogen-bond acceptors (Lipinski definition) is 2. The van der Waals surface area contributed by atoms with Crippen molar-refractivity contribution in [2.75, 3.05) is 5.32 Å². The van der Waals surface area contributed by atoms with Gasteiger partial charge in [0.25, 0.3) is 0 Å². The van der Waals surface area contributed by atoms with Crippen LogP contribution in [0, 0.1) is 20.8 Å². The molecule has 0 aliphatic heterocycles. The lowest BCUT2D eigenvalue weighted by Gasteiger charge is -2.08. The fourth-order valence-corrected chi connectivity index (χ4v) is 3.38. The van der Waals surface area contributed by atoms with Crippen LogP contribution < -0.4 is 5.32 Å². The van der Waals surface area contributed by atoms with Crippen LogP contribution >= 0.6 is 0 Å². The maximum atomic E-state index is 12.6. The average Bonchev–Trinajstić information content (AvgIpc) is 3.21. The Morgan fingerprint density at radius 3 is 2.39 bits per heavy atom. The molecule has 3 aromatic carbocycles. The molecule has 1 N–H and O–H groups in total. The Balaban J connectivity index is 1.66. The molecule has 0 radical (unpaired) electrons. The summed E-state index contributed by atoms with van der Waals surface area (Å²) in [7, 11) is 0. The number of benzene rings is 3. The van der Waals surface area contributed by atoms with Gasteiger partial charge >= 0.3 is 0 Å². The maximum Gasteiger partial charge on any atom is 0.248 e. The first-order valence-electron chi connectivity index (χ1n) is 10.3. The lowest BCUT2D eigenvalue weighted by molar-refractivity contribution is -0.111. The number of carbonyl (C=O) groups is 1. The summed E-state index contributed by atoms with van der Waals surface area (Å²) in [4.78, 5) is 12.6. The number of amides is 1. The molecule has 0 spiro atoms. The van der Waals surface area contributed by atoms with Crippen LogP contribution in [-0.4, -0.2) is 15.7 Å². The van der Waals surface area contributed by atoms with Gasteiger partial charge in [-0.05, 0) is 56.2 Å². The minimum absolute atomic E-state index is 0.170. The summed E-state index contributed by atoms with van der Waals surface area (Å²) in [5, 5.41) is 7.78. The summed E-state index contributed by atoms with van der Waals surface area (Å²) in [6.07, 6.45) is 5.33. The maximum absolute atomic E-state index is 12.6. The van der Waals surface area contributed by atoms with E-state index in [4.69, 9.17) is 5.10 Å². The summed E-state index contributed by atoms with van der Waals surface area (Å²) in [5.74, 6) is -0.170. The predicted octanol–water partition coefficient (Wildman–Crippen LogP) is 6.12. The Morgan fingerprint density at radius 2 is 1.65 bits per heavy atom. The third kappa shape index (κ3) is 4.64. The van der Waals surface area contributed by atoms with Crippen LogP contribution in [0.5, 0.6) is 0 Å². The van der Waals surface area contributed by atoms with E-state index in [1.54, 1.807) is 6.08 Å². The molecule has 0 aliphatic carbocycles. The van der Waals surface area contributed by atoms with Crippen LogP contribution in [-0.2, 0) is 4.79 Å². The van der Waals surface area contributed by atoms with E-state index in [0.717, 1.165) is 39.3 Å². The Labute approximate surface area is 182 Å². The van der Waals surface area contributed by atoms with Gasteiger partial charge < -0.3 is 5.32 Å². The van der Waals surface area contributed by atoms with Crippen LogP contribution in [0.1, 0.15) is 22.3 Å². The Kier molecular flexibility index (Phi) is 5.80. The Morgan fingerprint density at radius 1 is 0.903 bits per heavy atom. The summed E-state index contributed by atoms with van der Waals surface area (Å²) in [6.45, 7) is 6.10. The van der Waals surface area contributed by atoms with Gasteiger partial charge in [0.1, 0.15) is 0 Å². The van der Waals surface area contributed by atoms with Gasteiger partial charge in [0.05, 0.1) is 11.4 Å². The zero-order valence-corrected chi connectivity index (χ0v) is 18.0. The summed E-state index contributed by atoms with van der Waals surface area (Å²) in [6, 6.07) is 24.1. The van der Waals surface area contributed by atoms with Crippen molar-refractivity contribution in [3.8, 4) is 16.9 Å². The second-order valence-corrected chi connectivity index (χ2v) is 7.65. The van der Waals surface area contributed by atoms with Crippen molar-refractivity contribution in [1.82, 2.24) is 9.78 Å². The second-order valence-electron chi connectivity index (χ2n) is 7.65. The molecule has 31 heavy (non-hydrogen) atoms. The van der Waals surface area contributed by atoms with E-state index in [-0.39, 0.29) is 5.91 Å². The van der Waals surface area contributed by atoms with Gasteiger partial charge in [0.2, 0.25) is 5.91 Å². The highest BCUT2D eigenvalue weighted by atomic mass is 16.1. The molecule has 4 aromatic rings. The van der Waals surface area contributed by atoms with Crippen LogP contribution in [0.25, 0.3) is 23.0 Å². The fourth-order valence-electron chi connectivity index (χ4n) is 3.38. The molecule has 0 unspecified atom stereocenters. The standard InChI is InChI=1S/C27H25N3O/c1-19-12-14-22(15-13-19)27-23(18-30(29-27)24-9-5-4-6-10-24)16-17-26(31)28-25-11-7-8-20(2)21(25)3/h4-18H,1-3H3,(H,28,31). The number of rotatable bonds is 5. The molecule has 0 saturated carbocycles. The van der Waals surface area contributed by atoms with E-state index in [1.807, 2.05) is 79.3 Å². The highest BCUT2D eigenvalue weighted by Gasteiger charge is 2.11. The van der Waals surface area contributed by atoms with E-state index >= 15 is 0 Å². The molecule has 0 aliphatic rings. The molecule has 4 rings (SSSR count). The molecule has 1 aromatic heterocycles. The van der Waals surface area contributed by atoms with Crippen LogP contribution in [0.3, 0.4) is 0 Å². The van der Waals surface area contributed by atoms with Gasteiger partial charge in [0.15, 0.2) is 0 Å². The second kappa shape index (κ2) is 8.84. The van der Waals surface area contributed by atoms with Gasteiger partial charge in [-0.3, -0.25) is 4.79 Å². The highest BCUT2D eigenvalue weighted by molar-refractivity contribution is 6.02. The zero-order valence-electron chi connectivity index (χ0n) is 18.0. The molecule has 154 valence electrons. The number of para-hydroxylation sites is 1. The van der Waals surface area contributed by atoms with Gasteiger partial charge in [0, 0.05) is 29.1 Å². The van der Waals surface area contributed by atoms with Gasteiger partial charge in [-0.15, -0.1) is 0 Å². The first-order chi connectivity index (χ1) is 15.0. The lowest BCUT2D eigenvalue weighted by Crippen LogP contribution is -2.09. The van der Waals surface area contributed by atoms with Crippen LogP contribution in [0.4, 0.5) is 5.69 Å². The van der Waals surface area contributed by atoms with Crippen molar-refractivity contribution in [1.29, 1.82) is 0 Å². The normalized spacial score (nSPS) is 11.1. The highest BCUT2D eigenvalue weighted by Crippen LogP contribution is 2.25. The quantitative estimate of drug-likeness (QED) is 0.405. The molecular formula is C27H25N3O. The number of anilines is 1. The molecule has 4 nitrogen and oxygen atoms in total. The Hall–Kier alpha value is -3.92. The first-order valence-corrected chi connectivity index (χ1v) is 10.3. The Bertz CT molecular complexity index is 1240. The number of carbonyl (C=O) groups excluding carboxylic acids is 1. The van der Waals surface area contributed by atoms with Crippen molar-refractivity contribution in [3.05, 3.63) is 107 Å². The van der Waals surface area contributed by atoms with Gasteiger partial charge in [-0.1, -0.05) is 60.2 Å². The third-order valence-corrected chi connectivity index (χ3v) is 5.37. The number of nitrogens with one attached hydrogen (secondary N) is 1. The molecule has 1 amide bonds. The minimum Gasteiger partial charge on any atom is -0.322 e. The van der Waals surface area contributed by atoms with Crippen molar-refractivity contribution in [2.24, 2.45) is 0 Å². The largest absolute Gasteiger partial charge is 0.322 e. The van der Waals surface area contributed by atoms with Crippen molar-refractivity contribution >= 4 is 17.7 Å². The van der Waals surface area contributed by atoms with Crippen LogP contribution in [0.2, 0.25) is 0 Å². The molecule has 0 fully saturated rings. The molecule has 4 heteroatoms. The fraction of sp³-hybridized carbons (Fsp3) is 0.111. The van der Waals surface area contributed by atoms with E-state index in [0.29, 0.717) is 0 Å². The zero-order chi connectivity index (χ0) is 21.8. The van der Waals surface area contributed by atoms with Crippen LogP contribution in [0.15, 0.2) is 85.1 Å².